The molecule has 2 aromatic heterocycles. The van der Waals surface area contributed by atoms with Gasteiger partial charge in [-0.1, -0.05) is 11.8 Å². The number of aryl methyl sites for hydroxylation is 1. The molecule has 2 aromatic rings. The van der Waals surface area contributed by atoms with Gasteiger partial charge in [-0.2, -0.15) is 10.1 Å². The Balaban J connectivity index is 2.38. The van der Waals surface area contributed by atoms with Crippen LogP contribution in [0.2, 0.25) is 0 Å². The van der Waals surface area contributed by atoms with Crippen molar-refractivity contribution in [3.8, 4) is 5.69 Å². The Morgan fingerprint density at radius 3 is 2.95 bits per heavy atom. The van der Waals surface area contributed by atoms with Crippen molar-refractivity contribution < 1.29 is 9.90 Å². The molecule has 1 N–H and O–H groups in total. The number of aliphatic carboxylic acids is 1. The van der Waals surface area contributed by atoms with E-state index < -0.39 is 11.5 Å². The molecule has 0 amide bonds. The lowest BCUT2D eigenvalue weighted by Crippen LogP contribution is -2.13. The second-order valence-electron chi connectivity index (χ2n) is 3.65. The topological polar surface area (TPSA) is 90.0 Å². The van der Waals surface area contributed by atoms with Crippen molar-refractivity contribution >= 4 is 17.7 Å². The van der Waals surface area contributed by atoms with Crippen LogP contribution >= 0.6 is 11.8 Å². The minimum Gasteiger partial charge on any atom is -0.481 e. The second kappa shape index (κ2) is 5.70. The predicted octanol–water partition coefficient (Wildman–Crippen LogP) is 0.626. The summed E-state index contributed by atoms with van der Waals surface area (Å²) in [6.45, 7) is 2.69. The number of aromatic nitrogens is 4. The molecular weight excluding hydrogens is 268 g/mol. The Kier molecular flexibility index (Phi) is 4.00. The number of carboxylic acids is 1. The van der Waals surface area contributed by atoms with Crippen LogP contribution in [0, 0.1) is 0 Å². The molecule has 0 bridgehead atoms. The van der Waals surface area contributed by atoms with E-state index in [1.165, 1.54) is 6.07 Å². The number of carboxylic acid groups (broad SMARTS) is 1. The zero-order chi connectivity index (χ0) is 13.8. The number of hydrogen-bond acceptors (Lipinski definition) is 5. The molecule has 0 spiro atoms. The molecule has 0 aliphatic rings. The zero-order valence-electron chi connectivity index (χ0n) is 10.2. The van der Waals surface area contributed by atoms with Gasteiger partial charge >= 0.3 is 5.97 Å². The average Bonchev–Trinajstić information content (AvgIpc) is 2.85. The van der Waals surface area contributed by atoms with Crippen molar-refractivity contribution in [2.24, 2.45) is 0 Å². The molecule has 7 nitrogen and oxygen atoms in total. The molecule has 0 aliphatic heterocycles. The number of hydrogen-bond donors (Lipinski definition) is 1. The second-order valence-corrected chi connectivity index (χ2v) is 4.60. The summed E-state index contributed by atoms with van der Waals surface area (Å²) < 4.78 is 3.38. The molecule has 19 heavy (non-hydrogen) atoms. The third kappa shape index (κ3) is 3.22. The van der Waals surface area contributed by atoms with Crippen LogP contribution in [0.3, 0.4) is 0 Å². The molecule has 8 heteroatoms. The van der Waals surface area contributed by atoms with E-state index in [0.717, 1.165) is 24.0 Å². The van der Waals surface area contributed by atoms with E-state index in [1.807, 2.05) is 6.92 Å². The Morgan fingerprint density at radius 1 is 1.53 bits per heavy atom. The lowest BCUT2D eigenvalue weighted by Gasteiger charge is -2.07. The Hall–Kier alpha value is -2.09. The predicted molar refractivity (Wildman–Crippen MR) is 69.7 cm³/mol. The summed E-state index contributed by atoms with van der Waals surface area (Å²) in [7, 11) is 0. The fourth-order valence-corrected chi connectivity index (χ4v) is 2.17. The first kappa shape index (κ1) is 13.3. The highest BCUT2D eigenvalue weighted by Gasteiger charge is 2.09. The molecule has 0 aliphatic carbocycles. The van der Waals surface area contributed by atoms with E-state index in [4.69, 9.17) is 5.11 Å². The zero-order valence-corrected chi connectivity index (χ0v) is 11.0. The molecule has 0 radical (unpaired) electrons. The normalized spacial score (nSPS) is 10.6. The van der Waals surface area contributed by atoms with Gasteiger partial charge in [-0.25, -0.2) is 0 Å². The van der Waals surface area contributed by atoms with Crippen molar-refractivity contribution in [1.82, 2.24) is 19.3 Å². The van der Waals surface area contributed by atoms with Crippen molar-refractivity contribution in [2.75, 3.05) is 5.75 Å². The van der Waals surface area contributed by atoms with Crippen LogP contribution in [0.4, 0.5) is 0 Å². The molecule has 2 heterocycles. The molecule has 0 unspecified atom stereocenters. The lowest BCUT2D eigenvalue weighted by atomic mass is 10.5. The smallest absolute Gasteiger partial charge is 0.313 e. The SMILES string of the molecule is CCn1cc(-n2ccc(=O)nc2SCC(=O)O)cn1. The Bertz CT molecular complexity index is 649. The van der Waals surface area contributed by atoms with Crippen LogP contribution < -0.4 is 5.56 Å². The van der Waals surface area contributed by atoms with Crippen LogP contribution in [-0.4, -0.2) is 36.2 Å². The van der Waals surface area contributed by atoms with E-state index >= 15 is 0 Å². The van der Waals surface area contributed by atoms with Crippen molar-refractivity contribution in [3.63, 3.8) is 0 Å². The summed E-state index contributed by atoms with van der Waals surface area (Å²) in [5, 5.41) is 13.2. The third-order valence-electron chi connectivity index (χ3n) is 2.32. The highest BCUT2D eigenvalue weighted by atomic mass is 32.2. The van der Waals surface area contributed by atoms with E-state index in [0.29, 0.717) is 5.16 Å². The monoisotopic (exact) mass is 280 g/mol. The van der Waals surface area contributed by atoms with E-state index in [1.54, 1.807) is 27.8 Å². The van der Waals surface area contributed by atoms with Gasteiger partial charge in [0, 0.05) is 25.0 Å². The van der Waals surface area contributed by atoms with Crippen LogP contribution in [0.5, 0.6) is 0 Å². The van der Waals surface area contributed by atoms with Gasteiger partial charge in [0.15, 0.2) is 5.16 Å². The molecule has 100 valence electrons. The molecule has 0 saturated heterocycles. The van der Waals surface area contributed by atoms with E-state index in [9.17, 15) is 9.59 Å². The van der Waals surface area contributed by atoms with Crippen LogP contribution in [0.25, 0.3) is 5.69 Å². The molecule has 0 fully saturated rings. The molecule has 0 saturated carbocycles. The van der Waals surface area contributed by atoms with Crippen LogP contribution in [0.1, 0.15) is 6.92 Å². The largest absolute Gasteiger partial charge is 0.481 e. The van der Waals surface area contributed by atoms with E-state index in [-0.39, 0.29) is 5.75 Å². The third-order valence-corrected chi connectivity index (χ3v) is 3.26. The summed E-state index contributed by atoms with van der Waals surface area (Å²) >= 11 is 0.996. The van der Waals surface area contributed by atoms with Gasteiger partial charge in [0.1, 0.15) is 0 Å². The first-order chi connectivity index (χ1) is 9.10. The quantitative estimate of drug-likeness (QED) is 0.638. The first-order valence-electron chi connectivity index (χ1n) is 5.57. The fourth-order valence-electron chi connectivity index (χ4n) is 1.46. The highest BCUT2D eigenvalue weighted by molar-refractivity contribution is 7.99. The Labute approximate surface area is 112 Å². The molecule has 0 aromatic carbocycles. The fraction of sp³-hybridized carbons (Fsp3) is 0.273. The van der Waals surface area contributed by atoms with Crippen LogP contribution in [0.15, 0.2) is 34.6 Å². The van der Waals surface area contributed by atoms with Gasteiger partial charge in [-0.15, -0.1) is 0 Å². The van der Waals surface area contributed by atoms with Crippen molar-refractivity contribution in [1.29, 1.82) is 0 Å². The van der Waals surface area contributed by atoms with Gasteiger partial charge in [0.05, 0.1) is 17.6 Å². The molecule has 2 rings (SSSR count). The minimum atomic E-state index is -0.959. The lowest BCUT2D eigenvalue weighted by molar-refractivity contribution is -0.133. The highest BCUT2D eigenvalue weighted by Crippen LogP contribution is 2.18. The maximum Gasteiger partial charge on any atom is 0.313 e. The van der Waals surface area contributed by atoms with Gasteiger partial charge < -0.3 is 5.11 Å². The maximum absolute atomic E-state index is 11.3. The van der Waals surface area contributed by atoms with Gasteiger partial charge in [-0.05, 0) is 6.92 Å². The standard InChI is InChI=1S/C11H12N4O3S/c1-2-14-6-8(5-12-14)15-4-3-9(16)13-11(15)19-7-10(17)18/h3-6H,2,7H2,1H3,(H,17,18). The number of nitrogens with zero attached hydrogens (tertiary/aromatic N) is 4. The summed E-state index contributed by atoms with van der Waals surface area (Å²) in [5.74, 6) is -1.11. The van der Waals surface area contributed by atoms with Gasteiger partial charge in [0.2, 0.25) is 0 Å². The summed E-state index contributed by atoms with van der Waals surface area (Å²) in [6.07, 6.45) is 5.01. The molecular formula is C11H12N4O3S. The minimum absolute atomic E-state index is 0.154. The first-order valence-corrected chi connectivity index (χ1v) is 6.56. The Morgan fingerprint density at radius 2 is 2.32 bits per heavy atom. The van der Waals surface area contributed by atoms with Crippen molar-refractivity contribution in [2.45, 2.75) is 18.6 Å². The summed E-state index contributed by atoms with van der Waals surface area (Å²) in [6, 6.07) is 1.33. The molecule has 0 atom stereocenters. The summed E-state index contributed by atoms with van der Waals surface area (Å²) in [4.78, 5) is 25.7. The maximum atomic E-state index is 11.3. The number of thioether (sulfide) groups is 1. The average molecular weight is 280 g/mol. The number of rotatable bonds is 5. The van der Waals surface area contributed by atoms with Gasteiger partial charge in [0.25, 0.3) is 5.56 Å². The van der Waals surface area contributed by atoms with E-state index in [2.05, 4.69) is 10.1 Å². The number of carbonyl (C=O) groups is 1. The van der Waals surface area contributed by atoms with Crippen molar-refractivity contribution in [3.05, 3.63) is 35.0 Å². The van der Waals surface area contributed by atoms with Crippen LogP contribution in [-0.2, 0) is 11.3 Å². The summed E-state index contributed by atoms with van der Waals surface area (Å²) in [5.41, 5.74) is 0.342. The van der Waals surface area contributed by atoms with Gasteiger partial charge in [-0.3, -0.25) is 18.8 Å².